The third kappa shape index (κ3) is 5.90. The molecule has 0 fully saturated rings. The van der Waals surface area contributed by atoms with Gasteiger partial charge in [-0.15, -0.1) is 0 Å². The van der Waals surface area contributed by atoms with Gasteiger partial charge in [0.2, 0.25) is 10.0 Å². The van der Waals surface area contributed by atoms with Crippen molar-refractivity contribution in [1.29, 1.82) is 0 Å². The maximum atomic E-state index is 12.6. The molecule has 0 radical (unpaired) electrons. The number of ether oxygens (including phenoxy) is 1. The molecule has 0 aliphatic carbocycles. The van der Waals surface area contributed by atoms with Crippen molar-refractivity contribution >= 4 is 27.3 Å². The van der Waals surface area contributed by atoms with Crippen LogP contribution in [-0.4, -0.2) is 33.4 Å². The van der Waals surface area contributed by atoms with Gasteiger partial charge in [-0.05, 0) is 56.0 Å². The summed E-state index contributed by atoms with van der Waals surface area (Å²) in [6, 6.07) is 4.34. The first-order chi connectivity index (χ1) is 12.3. The molecular weight excluding hydrogens is 372 g/mol. The summed E-state index contributed by atoms with van der Waals surface area (Å²) in [4.78, 5) is 0.143. The van der Waals surface area contributed by atoms with Gasteiger partial charge in [-0.1, -0.05) is 30.3 Å². The number of unbranched alkanes of at least 4 members (excludes halogenated alkanes) is 1. The minimum Gasteiger partial charge on any atom is -0.497 e. The summed E-state index contributed by atoms with van der Waals surface area (Å²) in [6.45, 7) is 6.04. The molecule has 0 amide bonds. The van der Waals surface area contributed by atoms with Gasteiger partial charge in [0.25, 0.3) is 0 Å². The quantitative estimate of drug-likeness (QED) is 0.275. The number of nitrogens with zero attached hydrogens (tertiary/aromatic N) is 1. The Balaban J connectivity index is 2.68. The highest BCUT2D eigenvalue weighted by molar-refractivity contribution is 7.89. The lowest BCUT2D eigenvalue weighted by Gasteiger charge is -2.18. The smallest absolute Gasteiger partial charge is 0.242 e. The van der Waals surface area contributed by atoms with E-state index in [1.807, 2.05) is 19.1 Å². The molecule has 0 saturated heterocycles. The molecule has 1 aromatic carbocycles. The number of methoxy groups -OCH3 is 1. The summed E-state index contributed by atoms with van der Waals surface area (Å²) in [5, 5.41) is 0.339. The van der Waals surface area contributed by atoms with Crippen LogP contribution in [0.4, 0.5) is 5.69 Å². The number of benzene rings is 1. The molecule has 144 valence electrons. The normalized spacial score (nSPS) is 13.1. The molecule has 0 aromatic heterocycles. The van der Waals surface area contributed by atoms with Crippen molar-refractivity contribution in [3.63, 3.8) is 0 Å². The molecule has 1 rings (SSSR count). The highest BCUT2D eigenvalue weighted by Crippen LogP contribution is 2.24. The van der Waals surface area contributed by atoms with Gasteiger partial charge in [-0.3, -0.25) is 0 Å². The van der Waals surface area contributed by atoms with E-state index in [4.69, 9.17) is 22.1 Å². The first-order valence-corrected chi connectivity index (χ1v) is 10.1. The Bertz CT molecular complexity index is 786. The molecular formula is C19H27ClN2O3S. The Labute approximate surface area is 161 Å². The minimum atomic E-state index is -3.59. The standard InChI is InChI=1S/C19H27ClN2O3S/c1-5-9-15(19(6-2)25-4)10-7-8-13-22(3)26(23,24)16-11-12-17(20)18(21)14-16/h5-6,9,11-12,14H,1,7-8,10,13,21H2,2-4H3/b15-9-,19-6+. The fourth-order valence-corrected chi connectivity index (χ4v) is 3.86. The van der Waals surface area contributed by atoms with E-state index in [1.54, 1.807) is 20.2 Å². The van der Waals surface area contributed by atoms with Crippen molar-refractivity contribution in [2.24, 2.45) is 0 Å². The van der Waals surface area contributed by atoms with Gasteiger partial charge in [0.05, 0.1) is 22.7 Å². The summed E-state index contributed by atoms with van der Waals surface area (Å²) in [6.07, 6.45) is 7.85. The van der Waals surface area contributed by atoms with Crippen LogP contribution in [0.2, 0.25) is 5.02 Å². The molecule has 0 aliphatic heterocycles. The largest absolute Gasteiger partial charge is 0.497 e. The minimum absolute atomic E-state index is 0.143. The van der Waals surface area contributed by atoms with Crippen molar-refractivity contribution in [2.45, 2.75) is 31.1 Å². The number of allylic oxidation sites excluding steroid dienone is 4. The third-order valence-corrected chi connectivity index (χ3v) is 6.16. The fourth-order valence-electron chi connectivity index (χ4n) is 2.50. The van der Waals surface area contributed by atoms with Gasteiger partial charge in [0, 0.05) is 13.6 Å². The van der Waals surface area contributed by atoms with Crippen LogP contribution in [0, 0.1) is 0 Å². The Morgan fingerprint density at radius 1 is 1.38 bits per heavy atom. The predicted octanol–water partition coefficient (Wildman–Crippen LogP) is 4.38. The Hall–Kier alpha value is -1.76. The molecule has 5 nitrogen and oxygen atoms in total. The monoisotopic (exact) mass is 398 g/mol. The van der Waals surface area contributed by atoms with E-state index in [2.05, 4.69) is 6.58 Å². The predicted molar refractivity (Wildman–Crippen MR) is 109 cm³/mol. The molecule has 2 N–H and O–H groups in total. The van der Waals surface area contributed by atoms with Crippen LogP contribution in [0.3, 0.4) is 0 Å². The zero-order valence-electron chi connectivity index (χ0n) is 15.5. The van der Waals surface area contributed by atoms with Crippen molar-refractivity contribution in [3.8, 4) is 0 Å². The van der Waals surface area contributed by atoms with Crippen LogP contribution in [0.1, 0.15) is 26.2 Å². The summed E-state index contributed by atoms with van der Waals surface area (Å²) < 4.78 is 31.9. The SMILES string of the molecule is C=C/C=C(CCCCN(C)S(=O)(=O)c1ccc(Cl)c(N)c1)\C(=C/C)OC. The van der Waals surface area contributed by atoms with E-state index in [1.165, 1.54) is 22.5 Å². The van der Waals surface area contributed by atoms with E-state index in [0.717, 1.165) is 24.2 Å². The number of hydrogen-bond acceptors (Lipinski definition) is 4. The van der Waals surface area contributed by atoms with Crippen molar-refractivity contribution < 1.29 is 13.2 Å². The van der Waals surface area contributed by atoms with Gasteiger partial charge in [0.1, 0.15) is 5.76 Å². The second-order valence-corrected chi connectivity index (χ2v) is 8.20. The van der Waals surface area contributed by atoms with Gasteiger partial charge >= 0.3 is 0 Å². The van der Waals surface area contributed by atoms with Gasteiger partial charge in [-0.25, -0.2) is 12.7 Å². The Kier molecular flexibility index (Phi) is 8.92. The van der Waals surface area contributed by atoms with Crippen LogP contribution in [0.5, 0.6) is 0 Å². The number of anilines is 1. The first-order valence-electron chi connectivity index (χ1n) is 8.31. The lowest BCUT2D eigenvalue weighted by atomic mass is 10.1. The van der Waals surface area contributed by atoms with Gasteiger partial charge in [0.15, 0.2) is 0 Å². The summed E-state index contributed by atoms with van der Waals surface area (Å²) in [7, 11) is -0.395. The highest BCUT2D eigenvalue weighted by atomic mass is 35.5. The molecule has 7 heteroatoms. The first kappa shape index (κ1) is 22.3. The molecule has 0 atom stereocenters. The van der Waals surface area contributed by atoms with Gasteiger partial charge < -0.3 is 10.5 Å². The zero-order valence-corrected chi connectivity index (χ0v) is 17.1. The number of hydrogen-bond donors (Lipinski definition) is 1. The van der Waals surface area contributed by atoms with Crippen molar-refractivity contribution in [2.75, 3.05) is 26.4 Å². The van der Waals surface area contributed by atoms with Crippen LogP contribution in [0.15, 0.2) is 59.2 Å². The Morgan fingerprint density at radius 2 is 2.08 bits per heavy atom. The van der Waals surface area contributed by atoms with E-state index in [9.17, 15) is 8.42 Å². The molecule has 0 saturated carbocycles. The fraction of sp³-hybridized carbons (Fsp3) is 0.368. The second-order valence-electron chi connectivity index (χ2n) is 5.75. The molecule has 0 heterocycles. The van der Waals surface area contributed by atoms with E-state index in [0.29, 0.717) is 18.0 Å². The number of sulfonamides is 1. The van der Waals surface area contributed by atoms with Crippen molar-refractivity contribution in [3.05, 3.63) is 59.4 Å². The second kappa shape index (κ2) is 10.4. The summed E-state index contributed by atoms with van der Waals surface area (Å²) >= 11 is 5.86. The van der Waals surface area contributed by atoms with Crippen molar-refractivity contribution in [1.82, 2.24) is 4.31 Å². The van der Waals surface area contributed by atoms with Crippen LogP contribution >= 0.6 is 11.6 Å². The van der Waals surface area contributed by atoms with E-state index < -0.39 is 10.0 Å². The Morgan fingerprint density at radius 3 is 2.62 bits per heavy atom. The van der Waals surface area contributed by atoms with E-state index in [-0.39, 0.29) is 10.6 Å². The third-order valence-electron chi connectivity index (χ3n) is 3.96. The topological polar surface area (TPSA) is 72.6 Å². The average Bonchev–Trinajstić information content (AvgIpc) is 2.61. The molecule has 0 unspecified atom stereocenters. The maximum absolute atomic E-state index is 12.6. The molecule has 26 heavy (non-hydrogen) atoms. The molecule has 0 aliphatic rings. The highest BCUT2D eigenvalue weighted by Gasteiger charge is 2.21. The average molecular weight is 399 g/mol. The van der Waals surface area contributed by atoms with Crippen LogP contribution < -0.4 is 5.73 Å². The summed E-state index contributed by atoms with van der Waals surface area (Å²) in [5.74, 6) is 0.808. The van der Waals surface area contributed by atoms with Crippen LogP contribution in [-0.2, 0) is 14.8 Å². The molecule has 0 bridgehead atoms. The molecule has 0 spiro atoms. The van der Waals surface area contributed by atoms with Gasteiger partial charge in [-0.2, -0.15) is 0 Å². The maximum Gasteiger partial charge on any atom is 0.242 e. The number of rotatable bonds is 10. The lowest BCUT2D eigenvalue weighted by molar-refractivity contribution is 0.297. The van der Waals surface area contributed by atoms with E-state index >= 15 is 0 Å². The number of halogens is 1. The van der Waals surface area contributed by atoms with Crippen LogP contribution in [0.25, 0.3) is 0 Å². The number of nitrogens with two attached hydrogens (primary N) is 1. The number of nitrogen functional groups attached to an aromatic ring is 1. The summed E-state index contributed by atoms with van der Waals surface area (Å²) in [5.41, 5.74) is 7.00. The molecule has 1 aromatic rings. The lowest BCUT2D eigenvalue weighted by Crippen LogP contribution is -2.28. The zero-order chi connectivity index (χ0) is 19.7.